The summed E-state index contributed by atoms with van der Waals surface area (Å²) in [7, 11) is 0. The topological polar surface area (TPSA) is 49.9 Å². The molecule has 3 rings (SSSR count). The molecule has 1 aliphatic heterocycles. The Labute approximate surface area is 186 Å². The number of amides is 2. The number of carbonyl (C=O) groups is 2. The van der Waals surface area contributed by atoms with Crippen molar-refractivity contribution in [2.24, 2.45) is 5.92 Å². The number of benzene rings is 2. The molecule has 0 spiro atoms. The van der Waals surface area contributed by atoms with Crippen LogP contribution in [0.15, 0.2) is 60.7 Å². The zero-order valence-corrected chi connectivity index (χ0v) is 18.9. The first-order chi connectivity index (χ1) is 14.8. The predicted octanol–water partition coefficient (Wildman–Crippen LogP) is 4.91. The highest BCUT2D eigenvalue weighted by Crippen LogP contribution is 2.23. The summed E-state index contributed by atoms with van der Waals surface area (Å²) in [5.74, 6) is 0.127. The number of piperidine rings is 1. The van der Waals surface area contributed by atoms with E-state index >= 15 is 0 Å². The zero-order chi connectivity index (χ0) is 22.3. The van der Waals surface area contributed by atoms with Gasteiger partial charge in [0.15, 0.2) is 0 Å². The summed E-state index contributed by atoms with van der Waals surface area (Å²) in [6.45, 7) is 8.02. The molecular weight excluding hydrogens is 388 g/mol. The van der Waals surface area contributed by atoms with Crippen LogP contribution in [0.5, 0.6) is 0 Å². The van der Waals surface area contributed by atoms with Crippen LogP contribution < -0.4 is 0 Å². The van der Waals surface area contributed by atoms with Gasteiger partial charge in [0, 0.05) is 32.1 Å². The first-order valence-corrected chi connectivity index (χ1v) is 11.2. The molecule has 0 bridgehead atoms. The monoisotopic (exact) mass is 422 g/mol. The fourth-order valence-corrected chi connectivity index (χ4v) is 3.87. The summed E-state index contributed by atoms with van der Waals surface area (Å²) in [5.41, 5.74) is 1.86. The number of likely N-dealkylation sites (tertiary alicyclic amines) is 1. The molecule has 0 atom stereocenters. The average Bonchev–Trinajstić information content (AvgIpc) is 2.76. The Hall–Kier alpha value is -2.82. The molecule has 1 fully saturated rings. The Bertz CT molecular complexity index is 838. The summed E-state index contributed by atoms with van der Waals surface area (Å²) in [4.78, 5) is 29.5. The van der Waals surface area contributed by atoms with Gasteiger partial charge in [0.1, 0.15) is 5.60 Å². The quantitative estimate of drug-likeness (QED) is 0.665. The van der Waals surface area contributed by atoms with E-state index in [1.807, 2.05) is 62.1 Å². The number of carbonyl (C=O) groups excluding carboxylic acids is 2. The van der Waals surface area contributed by atoms with Gasteiger partial charge in [-0.3, -0.25) is 4.79 Å². The number of hydrogen-bond acceptors (Lipinski definition) is 3. The van der Waals surface area contributed by atoms with Gasteiger partial charge in [0.05, 0.1) is 0 Å². The van der Waals surface area contributed by atoms with Crippen LogP contribution in [-0.2, 0) is 22.5 Å². The molecule has 166 valence electrons. The Balaban J connectivity index is 1.62. The van der Waals surface area contributed by atoms with Crippen molar-refractivity contribution < 1.29 is 14.3 Å². The lowest BCUT2D eigenvalue weighted by Gasteiger charge is -2.35. The predicted molar refractivity (Wildman–Crippen MR) is 123 cm³/mol. The largest absolute Gasteiger partial charge is 0.444 e. The fourth-order valence-electron chi connectivity index (χ4n) is 3.87. The average molecular weight is 423 g/mol. The molecule has 5 heteroatoms. The molecule has 1 heterocycles. The van der Waals surface area contributed by atoms with E-state index in [2.05, 4.69) is 24.3 Å². The van der Waals surface area contributed by atoms with Gasteiger partial charge in [-0.15, -0.1) is 0 Å². The Morgan fingerprint density at radius 2 is 1.48 bits per heavy atom. The standard InChI is InChI=1S/C26H34N2O3/c1-26(2,3)31-25(30)27-18-15-23(16-19-27)24(29)28(20-22-12-8-5-9-13-22)17-14-21-10-6-4-7-11-21/h4-13,23H,14-20H2,1-3H3. The lowest BCUT2D eigenvalue weighted by molar-refractivity contribution is -0.137. The molecule has 0 N–H and O–H groups in total. The van der Waals surface area contributed by atoms with Crippen LogP contribution in [0.4, 0.5) is 4.79 Å². The van der Waals surface area contributed by atoms with Gasteiger partial charge in [-0.25, -0.2) is 4.79 Å². The van der Waals surface area contributed by atoms with E-state index in [1.165, 1.54) is 5.56 Å². The maximum Gasteiger partial charge on any atom is 0.410 e. The molecule has 0 aliphatic carbocycles. The number of nitrogens with zero attached hydrogens (tertiary/aromatic N) is 2. The highest BCUT2D eigenvalue weighted by molar-refractivity contribution is 5.79. The minimum Gasteiger partial charge on any atom is -0.444 e. The van der Waals surface area contributed by atoms with Crippen molar-refractivity contribution in [2.45, 2.75) is 52.2 Å². The van der Waals surface area contributed by atoms with E-state index in [0.717, 1.165) is 12.0 Å². The van der Waals surface area contributed by atoms with Crippen molar-refractivity contribution in [3.63, 3.8) is 0 Å². The highest BCUT2D eigenvalue weighted by Gasteiger charge is 2.32. The molecule has 0 aromatic heterocycles. The maximum atomic E-state index is 13.4. The Morgan fingerprint density at radius 1 is 0.935 bits per heavy atom. The normalized spacial score (nSPS) is 14.9. The molecule has 31 heavy (non-hydrogen) atoms. The van der Waals surface area contributed by atoms with Crippen LogP contribution in [-0.4, -0.2) is 47.0 Å². The third kappa shape index (κ3) is 7.12. The van der Waals surface area contributed by atoms with Crippen molar-refractivity contribution in [2.75, 3.05) is 19.6 Å². The van der Waals surface area contributed by atoms with Gasteiger partial charge in [-0.1, -0.05) is 60.7 Å². The summed E-state index contributed by atoms with van der Waals surface area (Å²) < 4.78 is 5.48. The molecule has 1 aliphatic rings. The summed E-state index contributed by atoms with van der Waals surface area (Å²) in [6, 6.07) is 20.4. The number of ether oxygens (including phenoxy) is 1. The van der Waals surface area contributed by atoms with Gasteiger partial charge in [-0.2, -0.15) is 0 Å². The van der Waals surface area contributed by atoms with E-state index in [9.17, 15) is 9.59 Å². The van der Waals surface area contributed by atoms with Crippen LogP contribution in [0.3, 0.4) is 0 Å². The van der Waals surface area contributed by atoms with Crippen molar-refractivity contribution in [1.82, 2.24) is 9.80 Å². The minimum atomic E-state index is -0.506. The maximum absolute atomic E-state index is 13.4. The minimum absolute atomic E-state index is 0.0572. The van der Waals surface area contributed by atoms with E-state index < -0.39 is 5.60 Å². The first kappa shape index (κ1) is 22.9. The third-order valence-corrected chi connectivity index (χ3v) is 5.54. The van der Waals surface area contributed by atoms with Crippen LogP contribution in [0.1, 0.15) is 44.7 Å². The second kappa shape index (κ2) is 10.5. The van der Waals surface area contributed by atoms with Gasteiger partial charge >= 0.3 is 6.09 Å². The molecule has 0 radical (unpaired) electrons. The zero-order valence-electron chi connectivity index (χ0n) is 18.9. The lowest BCUT2D eigenvalue weighted by Crippen LogP contribution is -2.46. The number of hydrogen-bond donors (Lipinski definition) is 0. The molecular formula is C26H34N2O3. The van der Waals surface area contributed by atoms with Crippen LogP contribution in [0.2, 0.25) is 0 Å². The highest BCUT2D eigenvalue weighted by atomic mass is 16.6. The summed E-state index contributed by atoms with van der Waals surface area (Å²) in [5, 5.41) is 0. The van der Waals surface area contributed by atoms with E-state index in [4.69, 9.17) is 4.74 Å². The van der Waals surface area contributed by atoms with Gasteiger partial charge < -0.3 is 14.5 Å². The molecule has 0 unspecified atom stereocenters. The molecule has 5 nitrogen and oxygen atoms in total. The van der Waals surface area contributed by atoms with E-state index in [1.54, 1.807) is 4.90 Å². The molecule has 2 aromatic rings. The van der Waals surface area contributed by atoms with Crippen molar-refractivity contribution in [3.05, 3.63) is 71.8 Å². The third-order valence-electron chi connectivity index (χ3n) is 5.54. The molecule has 0 saturated carbocycles. The SMILES string of the molecule is CC(C)(C)OC(=O)N1CCC(C(=O)N(CCc2ccccc2)Cc2ccccc2)CC1. The van der Waals surface area contributed by atoms with Crippen molar-refractivity contribution >= 4 is 12.0 Å². The first-order valence-electron chi connectivity index (χ1n) is 11.2. The van der Waals surface area contributed by atoms with Crippen molar-refractivity contribution in [1.29, 1.82) is 0 Å². The van der Waals surface area contributed by atoms with Crippen molar-refractivity contribution in [3.8, 4) is 0 Å². The fraction of sp³-hybridized carbons (Fsp3) is 0.462. The summed E-state index contributed by atoms with van der Waals surface area (Å²) >= 11 is 0. The van der Waals surface area contributed by atoms with Gasteiger partial charge in [0.25, 0.3) is 0 Å². The van der Waals surface area contributed by atoms with Gasteiger partial charge in [0.2, 0.25) is 5.91 Å². The van der Waals surface area contributed by atoms with E-state index in [0.29, 0.717) is 39.0 Å². The van der Waals surface area contributed by atoms with E-state index in [-0.39, 0.29) is 17.9 Å². The van der Waals surface area contributed by atoms with Crippen LogP contribution >= 0.6 is 0 Å². The Morgan fingerprint density at radius 3 is 2.03 bits per heavy atom. The van der Waals surface area contributed by atoms with Crippen LogP contribution in [0, 0.1) is 5.92 Å². The summed E-state index contributed by atoms with van der Waals surface area (Å²) in [6.07, 6.45) is 1.89. The van der Waals surface area contributed by atoms with Crippen LogP contribution in [0.25, 0.3) is 0 Å². The molecule has 2 amide bonds. The second-order valence-corrected chi connectivity index (χ2v) is 9.22. The number of rotatable bonds is 6. The lowest BCUT2D eigenvalue weighted by atomic mass is 9.95. The van der Waals surface area contributed by atoms with Gasteiger partial charge in [-0.05, 0) is 51.2 Å². The second-order valence-electron chi connectivity index (χ2n) is 9.22. The smallest absolute Gasteiger partial charge is 0.410 e. The molecule has 1 saturated heterocycles. The Kier molecular flexibility index (Phi) is 7.72. The molecule has 2 aromatic carbocycles.